The molecule has 1 N–H and O–H groups in total. The fourth-order valence-electron chi connectivity index (χ4n) is 2.59. The highest BCUT2D eigenvalue weighted by Gasteiger charge is 2.24. The van der Waals surface area contributed by atoms with Gasteiger partial charge in [0.25, 0.3) is 0 Å². The van der Waals surface area contributed by atoms with Crippen LogP contribution in [0.3, 0.4) is 0 Å². The summed E-state index contributed by atoms with van der Waals surface area (Å²) >= 11 is 6.01. The van der Waals surface area contributed by atoms with Crippen LogP contribution >= 0.6 is 11.6 Å². The quantitative estimate of drug-likeness (QED) is 0.735. The lowest BCUT2D eigenvalue weighted by atomic mass is 9.86. The summed E-state index contributed by atoms with van der Waals surface area (Å²) in [6.07, 6.45) is 3.09. The monoisotopic (exact) mass is 230 g/mol. The first-order valence-electron chi connectivity index (χ1n) is 5.49. The van der Waals surface area contributed by atoms with Gasteiger partial charge in [-0.2, -0.15) is 5.26 Å². The third kappa shape index (κ3) is 1.32. The third-order valence-electron chi connectivity index (χ3n) is 3.31. The molecular formula is C13H11ClN2. The van der Waals surface area contributed by atoms with Gasteiger partial charge in [0, 0.05) is 21.6 Å². The molecule has 0 amide bonds. The first kappa shape index (κ1) is 9.74. The number of hydrogen-bond acceptors (Lipinski definition) is 1. The molecule has 16 heavy (non-hydrogen) atoms. The molecular weight excluding hydrogens is 220 g/mol. The lowest BCUT2D eigenvalue weighted by Gasteiger charge is -2.16. The van der Waals surface area contributed by atoms with E-state index in [1.165, 1.54) is 11.3 Å². The van der Waals surface area contributed by atoms with Gasteiger partial charge in [-0.1, -0.05) is 11.6 Å². The van der Waals surface area contributed by atoms with E-state index in [-0.39, 0.29) is 5.92 Å². The van der Waals surface area contributed by atoms with Crippen LogP contribution in [0.15, 0.2) is 18.2 Å². The summed E-state index contributed by atoms with van der Waals surface area (Å²) in [7, 11) is 0. The summed E-state index contributed by atoms with van der Waals surface area (Å²) in [6.45, 7) is 0. The number of benzene rings is 1. The van der Waals surface area contributed by atoms with Gasteiger partial charge in [-0.05, 0) is 43.0 Å². The number of hydrogen-bond donors (Lipinski definition) is 1. The van der Waals surface area contributed by atoms with E-state index in [0.29, 0.717) is 0 Å². The molecule has 1 unspecified atom stereocenters. The molecule has 2 aromatic rings. The van der Waals surface area contributed by atoms with Crippen molar-refractivity contribution in [2.75, 3.05) is 0 Å². The van der Waals surface area contributed by atoms with Gasteiger partial charge in [0.05, 0.1) is 12.0 Å². The molecule has 1 aromatic carbocycles. The van der Waals surface area contributed by atoms with E-state index in [1.54, 1.807) is 0 Å². The maximum Gasteiger partial charge on any atom is 0.0736 e. The summed E-state index contributed by atoms with van der Waals surface area (Å²) in [6, 6.07) is 8.23. The Balaban J connectivity index is 2.33. The zero-order chi connectivity index (χ0) is 11.1. The summed E-state index contributed by atoms with van der Waals surface area (Å²) in [5, 5.41) is 11.0. The zero-order valence-electron chi connectivity index (χ0n) is 8.76. The minimum Gasteiger partial charge on any atom is -0.358 e. The number of nitrogens with zero attached hydrogens (tertiary/aromatic N) is 1. The third-order valence-corrected chi connectivity index (χ3v) is 3.54. The minimum absolute atomic E-state index is 0.0240. The average molecular weight is 231 g/mol. The van der Waals surface area contributed by atoms with E-state index in [0.717, 1.165) is 35.2 Å². The van der Waals surface area contributed by atoms with E-state index >= 15 is 0 Å². The lowest BCUT2D eigenvalue weighted by Crippen LogP contribution is -2.06. The fourth-order valence-corrected chi connectivity index (χ4v) is 2.76. The van der Waals surface area contributed by atoms with Crippen LogP contribution in [0.25, 0.3) is 10.9 Å². The number of fused-ring (bicyclic) bond motifs is 3. The molecule has 1 aliphatic carbocycles. The van der Waals surface area contributed by atoms with E-state index in [9.17, 15) is 5.26 Å². The van der Waals surface area contributed by atoms with Crippen molar-refractivity contribution in [2.45, 2.75) is 25.2 Å². The maximum absolute atomic E-state index is 9.19. The number of nitriles is 1. The smallest absolute Gasteiger partial charge is 0.0736 e. The predicted molar refractivity (Wildman–Crippen MR) is 64.6 cm³/mol. The number of halogens is 1. The Morgan fingerprint density at radius 3 is 3.12 bits per heavy atom. The van der Waals surface area contributed by atoms with E-state index in [2.05, 4.69) is 11.1 Å². The second-order valence-corrected chi connectivity index (χ2v) is 4.72. The molecule has 1 aliphatic rings. The Kier molecular flexibility index (Phi) is 2.15. The van der Waals surface area contributed by atoms with Gasteiger partial charge < -0.3 is 4.98 Å². The van der Waals surface area contributed by atoms with E-state index < -0.39 is 0 Å². The molecule has 0 radical (unpaired) electrons. The average Bonchev–Trinajstić information content (AvgIpc) is 2.66. The Bertz CT molecular complexity index is 592. The van der Waals surface area contributed by atoms with Crippen LogP contribution < -0.4 is 0 Å². The van der Waals surface area contributed by atoms with Crippen LogP contribution in [0.5, 0.6) is 0 Å². The van der Waals surface area contributed by atoms with Gasteiger partial charge in [0.2, 0.25) is 0 Å². The lowest BCUT2D eigenvalue weighted by molar-refractivity contribution is 0.633. The van der Waals surface area contributed by atoms with Crippen molar-refractivity contribution in [3.63, 3.8) is 0 Å². The predicted octanol–water partition coefficient (Wildman–Crippen LogP) is 3.76. The fraction of sp³-hybridized carbons (Fsp3) is 0.308. The topological polar surface area (TPSA) is 39.6 Å². The van der Waals surface area contributed by atoms with Gasteiger partial charge in [-0.3, -0.25) is 0 Å². The first-order chi connectivity index (χ1) is 7.79. The van der Waals surface area contributed by atoms with Crippen LogP contribution in [0.1, 0.15) is 30.0 Å². The highest BCUT2D eigenvalue weighted by molar-refractivity contribution is 6.31. The van der Waals surface area contributed by atoms with Gasteiger partial charge in [0.1, 0.15) is 0 Å². The Morgan fingerprint density at radius 2 is 2.31 bits per heavy atom. The van der Waals surface area contributed by atoms with Crippen molar-refractivity contribution in [1.29, 1.82) is 5.26 Å². The largest absolute Gasteiger partial charge is 0.358 e. The molecule has 3 rings (SSSR count). The number of aryl methyl sites for hydroxylation is 1. The molecule has 1 aromatic heterocycles. The van der Waals surface area contributed by atoms with Gasteiger partial charge in [-0.25, -0.2) is 0 Å². The second-order valence-electron chi connectivity index (χ2n) is 4.28. The molecule has 0 fully saturated rings. The second kappa shape index (κ2) is 3.54. The molecule has 0 spiro atoms. The Labute approximate surface area is 98.8 Å². The van der Waals surface area contributed by atoms with Gasteiger partial charge in [-0.15, -0.1) is 0 Å². The van der Waals surface area contributed by atoms with Crippen LogP contribution in [0.4, 0.5) is 0 Å². The zero-order valence-corrected chi connectivity index (χ0v) is 9.51. The Hall–Kier alpha value is -1.46. The maximum atomic E-state index is 9.19. The SMILES string of the molecule is N#CC1CCCc2[nH]c3ccc(Cl)cc3c21. The van der Waals surface area contributed by atoms with Crippen LogP contribution in [-0.4, -0.2) is 4.98 Å². The Morgan fingerprint density at radius 1 is 1.44 bits per heavy atom. The normalized spacial score (nSPS) is 19.4. The first-order valence-corrected chi connectivity index (χ1v) is 5.87. The van der Waals surface area contributed by atoms with Gasteiger partial charge in [0.15, 0.2) is 0 Å². The summed E-state index contributed by atoms with van der Waals surface area (Å²) < 4.78 is 0. The van der Waals surface area contributed by atoms with Crippen LogP contribution in [-0.2, 0) is 6.42 Å². The number of nitrogens with one attached hydrogen (secondary N) is 1. The highest BCUT2D eigenvalue weighted by atomic mass is 35.5. The highest BCUT2D eigenvalue weighted by Crippen LogP contribution is 2.37. The molecule has 3 heteroatoms. The number of rotatable bonds is 0. The van der Waals surface area contributed by atoms with E-state index in [4.69, 9.17) is 11.6 Å². The van der Waals surface area contributed by atoms with Gasteiger partial charge >= 0.3 is 0 Å². The van der Waals surface area contributed by atoms with Crippen molar-refractivity contribution in [2.24, 2.45) is 0 Å². The molecule has 0 saturated carbocycles. The van der Waals surface area contributed by atoms with Crippen molar-refractivity contribution < 1.29 is 0 Å². The van der Waals surface area contributed by atoms with Crippen molar-refractivity contribution in [3.8, 4) is 6.07 Å². The number of H-pyrrole nitrogens is 1. The number of aromatic amines is 1. The summed E-state index contributed by atoms with van der Waals surface area (Å²) in [5.41, 5.74) is 3.48. The summed E-state index contributed by atoms with van der Waals surface area (Å²) in [4.78, 5) is 3.40. The molecule has 0 bridgehead atoms. The van der Waals surface area contributed by atoms with Crippen molar-refractivity contribution in [3.05, 3.63) is 34.5 Å². The van der Waals surface area contributed by atoms with Crippen molar-refractivity contribution in [1.82, 2.24) is 4.98 Å². The van der Waals surface area contributed by atoms with E-state index in [1.807, 2.05) is 18.2 Å². The molecule has 0 saturated heterocycles. The molecule has 1 atom stereocenters. The molecule has 1 heterocycles. The van der Waals surface area contributed by atoms with Crippen LogP contribution in [0, 0.1) is 11.3 Å². The molecule has 2 nitrogen and oxygen atoms in total. The standard InChI is InChI=1S/C13H11ClN2/c14-9-4-5-11-10(6-9)13-8(7-15)2-1-3-12(13)16-11/h4-6,8,16H,1-3H2. The van der Waals surface area contributed by atoms with Crippen LogP contribution in [0.2, 0.25) is 5.02 Å². The van der Waals surface area contributed by atoms with Crippen molar-refractivity contribution >= 4 is 22.5 Å². The number of aromatic nitrogens is 1. The minimum atomic E-state index is 0.0240. The molecule has 0 aliphatic heterocycles. The molecule has 80 valence electrons. The summed E-state index contributed by atoms with van der Waals surface area (Å²) in [5.74, 6) is 0.0240.